The quantitative estimate of drug-likeness (QED) is 0.524. The third-order valence-electron chi connectivity index (χ3n) is 5.68. The molecule has 1 aliphatic rings. The Bertz CT molecular complexity index is 1180. The first-order valence-corrected chi connectivity index (χ1v) is 11.2. The molecule has 0 radical (unpaired) electrons. The van der Waals surface area contributed by atoms with Gasteiger partial charge in [-0.05, 0) is 67.8 Å². The molecule has 2 aromatic carbocycles. The molecule has 3 N–H and O–H groups in total. The maximum atomic E-state index is 12.9. The van der Waals surface area contributed by atoms with Crippen LogP contribution in [0.4, 0.5) is 21.9 Å². The molecule has 4 amide bonds. The molecular formula is C26H27N5O3. The SMILES string of the molecule is Cc1cccc(NC(=O)N2CCCC(C(=O)Nc3cccc(NC(=O)c4ccncc4)c3)C2)c1. The van der Waals surface area contributed by atoms with E-state index in [-0.39, 0.29) is 23.8 Å². The zero-order valence-electron chi connectivity index (χ0n) is 19.0. The van der Waals surface area contributed by atoms with Gasteiger partial charge in [0.15, 0.2) is 0 Å². The number of aryl methyl sites for hydroxylation is 1. The van der Waals surface area contributed by atoms with Gasteiger partial charge < -0.3 is 20.9 Å². The Morgan fingerprint density at radius 2 is 1.56 bits per heavy atom. The van der Waals surface area contributed by atoms with Crippen molar-refractivity contribution >= 4 is 34.9 Å². The van der Waals surface area contributed by atoms with Crippen LogP contribution >= 0.6 is 0 Å². The first-order valence-electron chi connectivity index (χ1n) is 11.2. The lowest BCUT2D eigenvalue weighted by Crippen LogP contribution is -2.45. The van der Waals surface area contributed by atoms with E-state index < -0.39 is 0 Å². The van der Waals surface area contributed by atoms with Gasteiger partial charge >= 0.3 is 6.03 Å². The van der Waals surface area contributed by atoms with Crippen molar-refractivity contribution in [2.45, 2.75) is 19.8 Å². The first-order chi connectivity index (χ1) is 16.5. The number of pyridine rings is 1. The van der Waals surface area contributed by atoms with Crippen LogP contribution < -0.4 is 16.0 Å². The topological polar surface area (TPSA) is 103 Å². The van der Waals surface area contributed by atoms with E-state index in [0.717, 1.165) is 17.7 Å². The predicted molar refractivity (Wildman–Crippen MR) is 132 cm³/mol. The molecule has 2 heterocycles. The van der Waals surface area contributed by atoms with Crippen molar-refractivity contribution in [2.75, 3.05) is 29.0 Å². The Balaban J connectivity index is 1.34. The molecule has 1 fully saturated rings. The van der Waals surface area contributed by atoms with Crippen LogP contribution in [-0.4, -0.2) is 40.8 Å². The van der Waals surface area contributed by atoms with E-state index >= 15 is 0 Å². The molecule has 0 aliphatic carbocycles. The number of anilines is 3. The maximum Gasteiger partial charge on any atom is 0.321 e. The van der Waals surface area contributed by atoms with Crippen LogP contribution in [0.25, 0.3) is 0 Å². The molecule has 3 aromatic rings. The molecule has 0 bridgehead atoms. The van der Waals surface area contributed by atoms with E-state index in [4.69, 9.17) is 0 Å². The predicted octanol–water partition coefficient (Wildman–Crippen LogP) is 4.52. The number of carbonyl (C=O) groups excluding carboxylic acids is 3. The summed E-state index contributed by atoms with van der Waals surface area (Å²) in [7, 11) is 0. The number of likely N-dealkylation sites (tertiary alicyclic amines) is 1. The summed E-state index contributed by atoms with van der Waals surface area (Å²) in [6.07, 6.45) is 4.57. The number of nitrogens with one attached hydrogen (secondary N) is 3. The number of nitrogens with zero attached hydrogens (tertiary/aromatic N) is 2. The van der Waals surface area contributed by atoms with Gasteiger partial charge in [0.05, 0.1) is 5.92 Å². The third-order valence-corrected chi connectivity index (χ3v) is 5.68. The van der Waals surface area contributed by atoms with Gasteiger partial charge in [0.2, 0.25) is 5.91 Å². The zero-order chi connectivity index (χ0) is 23.9. The lowest BCUT2D eigenvalue weighted by atomic mass is 9.97. The average Bonchev–Trinajstić information content (AvgIpc) is 2.85. The van der Waals surface area contributed by atoms with Gasteiger partial charge in [0.1, 0.15) is 0 Å². The average molecular weight is 458 g/mol. The number of aromatic nitrogens is 1. The van der Waals surface area contributed by atoms with Crippen LogP contribution in [0.15, 0.2) is 73.1 Å². The minimum atomic E-state index is -0.313. The standard InChI is InChI=1S/C26H27N5O3/c1-18-5-2-7-21(15-18)30-26(34)31-14-4-6-20(17-31)25(33)29-23-9-3-8-22(16-23)28-24(32)19-10-12-27-13-11-19/h2-3,5,7-13,15-16,20H,4,6,14,17H2,1H3,(H,28,32)(H,29,33)(H,30,34). The fourth-order valence-corrected chi connectivity index (χ4v) is 3.93. The molecule has 1 unspecified atom stereocenters. The minimum Gasteiger partial charge on any atom is -0.326 e. The first kappa shape index (κ1) is 23.0. The molecule has 8 heteroatoms. The lowest BCUT2D eigenvalue weighted by molar-refractivity contribution is -0.121. The van der Waals surface area contributed by atoms with Crippen molar-refractivity contribution in [1.82, 2.24) is 9.88 Å². The number of hydrogen-bond donors (Lipinski definition) is 3. The lowest BCUT2D eigenvalue weighted by Gasteiger charge is -2.32. The summed E-state index contributed by atoms with van der Waals surface area (Å²) in [5.41, 5.74) is 3.45. The zero-order valence-corrected chi connectivity index (χ0v) is 19.0. The van der Waals surface area contributed by atoms with E-state index in [1.165, 1.54) is 0 Å². The molecule has 1 atom stereocenters. The summed E-state index contributed by atoms with van der Waals surface area (Å²) in [5.74, 6) is -0.717. The summed E-state index contributed by atoms with van der Waals surface area (Å²) in [4.78, 5) is 43.6. The fourth-order valence-electron chi connectivity index (χ4n) is 3.93. The summed E-state index contributed by atoms with van der Waals surface area (Å²) in [6, 6.07) is 17.7. The van der Waals surface area contributed by atoms with Crippen molar-refractivity contribution in [3.63, 3.8) is 0 Å². The molecular weight excluding hydrogens is 430 g/mol. The van der Waals surface area contributed by atoms with Gasteiger partial charge in [0, 0.05) is 48.1 Å². The Hall–Kier alpha value is -4.20. The van der Waals surface area contributed by atoms with E-state index in [9.17, 15) is 14.4 Å². The number of hydrogen-bond acceptors (Lipinski definition) is 4. The molecule has 1 saturated heterocycles. The van der Waals surface area contributed by atoms with E-state index in [2.05, 4.69) is 20.9 Å². The molecule has 1 aromatic heterocycles. The summed E-state index contributed by atoms with van der Waals surface area (Å²) in [5, 5.41) is 8.66. The van der Waals surface area contributed by atoms with Crippen molar-refractivity contribution in [3.8, 4) is 0 Å². The van der Waals surface area contributed by atoms with Crippen molar-refractivity contribution in [1.29, 1.82) is 0 Å². The van der Waals surface area contributed by atoms with Crippen LogP contribution in [0, 0.1) is 12.8 Å². The van der Waals surface area contributed by atoms with Gasteiger partial charge in [-0.1, -0.05) is 18.2 Å². The van der Waals surface area contributed by atoms with E-state index in [1.807, 2.05) is 31.2 Å². The Kier molecular flexibility index (Phi) is 7.17. The number of rotatable bonds is 5. The highest BCUT2D eigenvalue weighted by Gasteiger charge is 2.28. The Morgan fingerprint density at radius 1 is 0.882 bits per heavy atom. The molecule has 0 spiro atoms. The molecule has 1 aliphatic heterocycles. The Labute approximate surface area is 198 Å². The largest absolute Gasteiger partial charge is 0.326 e. The second-order valence-corrected chi connectivity index (χ2v) is 8.34. The molecule has 0 saturated carbocycles. The van der Waals surface area contributed by atoms with Gasteiger partial charge in [-0.3, -0.25) is 14.6 Å². The highest BCUT2D eigenvalue weighted by Crippen LogP contribution is 2.22. The van der Waals surface area contributed by atoms with E-state index in [1.54, 1.807) is 53.7 Å². The smallest absolute Gasteiger partial charge is 0.321 e. The summed E-state index contributed by atoms with van der Waals surface area (Å²) in [6.45, 7) is 2.93. The van der Waals surface area contributed by atoms with Gasteiger partial charge in [-0.25, -0.2) is 4.79 Å². The second-order valence-electron chi connectivity index (χ2n) is 8.34. The van der Waals surface area contributed by atoms with Crippen LogP contribution in [0.5, 0.6) is 0 Å². The number of amides is 4. The normalized spacial score (nSPS) is 15.3. The van der Waals surface area contributed by atoms with Crippen molar-refractivity contribution in [3.05, 3.63) is 84.2 Å². The molecule has 174 valence electrons. The minimum absolute atomic E-state index is 0.148. The van der Waals surface area contributed by atoms with Crippen LogP contribution in [0.1, 0.15) is 28.8 Å². The van der Waals surface area contributed by atoms with Gasteiger partial charge in [-0.15, -0.1) is 0 Å². The number of piperidine rings is 1. The number of carbonyl (C=O) groups is 3. The highest BCUT2D eigenvalue weighted by molar-refractivity contribution is 6.04. The molecule has 8 nitrogen and oxygen atoms in total. The number of urea groups is 1. The molecule has 4 rings (SSSR count). The number of benzene rings is 2. The highest BCUT2D eigenvalue weighted by atomic mass is 16.2. The van der Waals surface area contributed by atoms with Crippen LogP contribution in [-0.2, 0) is 4.79 Å². The second kappa shape index (κ2) is 10.6. The third kappa shape index (κ3) is 5.98. The Morgan fingerprint density at radius 3 is 2.29 bits per heavy atom. The van der Waals surface area contributed by atoms with Gasteiger partial charge in [-0.2, -0.15) is 0 Å². The van der Waals surface area contributed by atoms with Crippen LogP contribution in [0.3, 0.4) is 0 Å². The fraction of sp³-hybridized carbons (Fsp3) is 0.231. The van der Waals surface area contributed by atoms with Crippen molar-refractivity contribution in [2.24, 2.45) is 5.92 Å². The molecule has 34 heavy (non-hydrogen) atoms. The monoisotopic (exact) mass is 457 g/mol. The van der Waals surface area contributed by atoms with Gasteiger partial charge in [0.25, 0.3) is 5.91 Å². The van der Waals surface area contributed by atoms with Crippen molar-refractivity contribution < 1.29 is 14.4 Å². The maximum absolute atomic E-state index is 12.9. The van der Waals surface area contributed by atoms with E-state index in [0.29, 0.717) is 36.4 Å². The summed E-state index contributed by atoms with van der Waals surface area (Å²) >= 11 is 0. The summed E-state index contributed by atoms with van der Waals surface area (Å²) < 4.78 is 0. The van der Waals surface area contributed by atoms with Crippen LogP contribution in [0.2, 0.25) is 0 Å².